The highest BCUT2D eigenvalue weighted by atomic mass is 16.5. The van der Waals surface area contributed by atoms with Crippen molar-refractivity contribution in [1.29, 1.82) is 0 Å². The first kappa shape index (κ1) is 8.61. The van der Waals surface area contributed by atoms with E-state index >= 15 is 0 Å². The van der Waals surface area contributed by atoms with Crippen LogP contribution in [0, 0.1) is 6.92 Å². The normalized spacial score (nSPS) is 25.5. The molecule has 0 radical (unpaired) electrons. The maximum absolute atomic E-state index is 5.74. The second-order valence-electron chi connectivity index (χ2n) is 4.15. The fourth-order valence-electron chi connectivity index (χ4n) is 1.92. The summed E-state index contributed by atoms with van der Waals surface area (Å²) in [5.74, 6) is 1.12. The van der Waals surface area contributed by atoms with Gasteiger partial charge >= 0.3 is 0 Å². The second-order valence-corrected chi connectivity index (χ2v) is 4.15. The number of rotatable bonds is 1. The fraction of sp³-hybridized carbons (Fsp3) is 0.500. The zero-order valence-electron chi connectivity index (χ0n) is 8.55. The summed E-state index contributed by atoms with van der Waals surface area (Å²) in [5, 5.41) is 0. The van der Waals surface area contributed by atoms with Crippen LogP contribution in [-0.2, 0) is 5.41 Å². The van der Waals surface area contributed by atoms with Crippen LogP contribution < -0.4 is 4.74 Å². The Balaban J connectivity index is 2.55. The summed E-state index contributed by atoms with van der Waals surface area (Å²) >= 11 is 0. The van der Waals surface area contributed by atoms with E-state index in [-0.39, 0.29) is 5.41 Å². The third-order valence-electron chi connectivity index (χ3n) is 3.18. The third-order valence-corrected chi connectivity index (χ3v) is 3.18. The Morgan fingerprint density at radius 2 is 2.23 bits per heavy atom. The Labute approximate surface area is 79.7 Å². The zero-order chi connectivity index (χ0) is 9.47. The highest BCUT2D eigenvalue weighted by molar-refractivity contribution is 5.48. The molecule has 0 saturated carbocycles. The van der Waals surface area contributed by atoms with E-state index in [4.69, 9.17) is 4.74 Å². The predicted octanol–water partition coefficient (Wildman–Crippen LogP) is 3.06. The van der Waals surface area contributed by atoms with Gasteiger partial charge in [0, 0.05) is 11.0 Å². The van der Waals surface area contributed by atoms with Crippen molar-refractivity contribution in [2.45, 2.75) is 32.6 Å². The molecule has 1 unspecified atom stereocenters. The third kappa shape index (κ3) is 1.14. The topological polar surface area (TPSA) is 9.23 Å². The summed E-state index contributed by atoms with van der Waals surface area (Å²) in [6.07, 6.45) is 1.14. The van der Waals surface area contributed by atoms with E-state index in [1.807, 2.05) is 0 Å². The lowest BCUT2D eigenvalue weighted by Gasteiger charge is -2.19. The molecule has 0 saturated heterocycles. The molecular formula is C12H16O. The summed E-state index contributed by atoms with van der Waals surface area (Å²) in [4.78, 5) is 0. The van der Waals surface area contributed by atoms with Crippen LogP contribution in [0.5, 0.6) is 5.75 Å². The predicted molar refractivity (Wildman–Crippen MR) is 54.3 cm³/mol. The average Bonchev–Trinajstić information content (AvgIpc) is 2.47. The van der Waals surface area contributed by atoms with Crippen molar-refractivity contribution in [3.05, 3.63) is 29.3 Å². The number of benzene rings is 1. The van der Waals surface area contributed by atoms with Gasteiger partial charge in [0.05, 0.1) is 6.61 Å². The molecule has 0 aromatic heterocycles. The molecule has 2 rings (SSSR count). The quantitative estimate of drug-likeness (QED) is 0.639. The van der Waals surface area contributed by atoms with Gasteiger partial charge in [-0.1, -0.05) is 32.0 Å². The average molecular weight is 176 g/mol. The van der Waals surface area contributed by atoms with Crippen LogP contribution in [0.15, 0.2) is 18.2 Å². The molecule has 0 N–H and O–H groups in total. The Kier molecular flexibility index (Phi) is 1.83. The molecule has 1 aromatic rings. The van der Waals surface area contributed by atoms with Crippen LogP contribution >= 0.6 is 0 Å². The Morgan fingerprint density at radius 1 is 1.46 bits per heavy atom. The molecule has 0 fully saturated rings. The highest BCUT2D eigenvalue weighted by Crippen LogP contribution is 2.42. The molecule has 0 amide bonds. The second kappa shape index (κ2) is 2.76. The number of aryl methyl sites for hydroxylation is 1. The van der Waals surface area contributed by atoms with E-state index in [1.165, 1.54) is 11.1 Å². The van der Waals surface area contributed by atoms with Gasteiger partial charge in [-0.05, 0) is 18.9 Å². The van der Waals surface area contributed by atoms with Crippen LogP contribution in [0.4, 0.5) is 0 Å². The molecule has 13 heavy (non-hydrogen) atoms. The molecule has 1 aromatic carbocycles. The highest BCUT2D eigenvalue weighted by Gasteiger charge is 2.34. The first-order valence-corrected chi connectivity index (χ1v) is 4.90. The van der Waals surface area contributed by atoms with Crippen LogP contribution in [0.25, 0.3) is 0 Å². The zero-order valence-corrected chi connectivity index (χ0v) is 8.55. The standard InChI is InChI=1S/C12H16O/c1-4-12(3)8-13-11-9(2)6-5-7-10(11)12/h5-7H,4,8H2,1-3H3. The molecule has 1 aliphatic rings. The van der Waals surface area contributed by atoms with Crippen molar-refractivity contribution in [3.8, 4) is 5.75 Å². The van der Waals surface area contributed by atoms with Gasteiger partial charge in [-0.2, -0.15) is 0 Å². The lowest BCUT2D eigenvalue weighted by Crippen LogP contribution is -2.22. The van der Waals surface area contributed by atoms with E-state index in [1.54, 1.807) is 0 Å². The number of para-hydroxylation sites is 1. The Morgan fingerprint density at radius 3 is 2.92 bits per heavy atom. The molecule has 1 atom stereocenters. The molecule has 0 bridgehead atoms. The van der Waals surface area contributed by atoms with Gasteiger partial charge in [0.25, 0.3) is 0 Å². The van der Waals surface area contributed by atoms with Gasteiger partial charge in [0.1, 0.15) is 5.75 Å². The molecule has 1 heteroatoms. The fourth-order valence-corrected chi connectivity index (χ4v) is 1.92. The SMILES string of the molecule is CCC1(C)COc2c(C)cccc21. The van der Waals surface area contributed by atoms with Crippen LogP contribution in [0.3, 0.4) is 0 Å². The van der Waals surface area contributed by atoms with Gasteiger partial charge in [0.2, 0.25) is 0 Å². The largest absolute Gasteiger partial charge is 0.492 e. The van der Waals surface area contributed by atoms with E-state index < -0.39 is 0 Å². The number of ether oxygens (including phenoxy) is 1. The van der Waals surface area contributed by atoms with E-state index in [0.29, 0.717) is 0 Å². The number of hydrogen-bond acceptors (Lipinski definition) is 1. The van der Waals surface area contributed by atoms with Gasteiger partial charge in [-0.3, -0.25) is 0 Å². The van der Waals surface area contributed by atoms with E-state index in [9.17, 15) is 0 Å². The summed E-state index contributed by atoms with van der Waals surface area (Å²) in [5.41, 5.74) is 2.88. The molecule has 0 aliphatic carbocycles. The smallest absolute Gasteiger partial charge is 0.126 e. The minimum atomic E-state index is 0.237. The molecule has 70 valence electrons. The van der Waals surface area contributed by atoms with Gasteiger partial charge in [-0.25, -0.2) is 0 Å². The number of hydrogen-bond donors (Lipinski definition) is 0. The van der Waals surface area contributed by atoms with Crippen molar-refractivity contribution in [1.82, 2.24) is 0 Å². The van der Waals surface area contributed by atoms with Crippen molar-refractivity contribution < 1.29 is 4.74 Å². The van der Waals surface area contributed by atoms with Crippen molar-refractivity contribution >= 4 is 0 Å². The minimum absolute atomic E-state index is 0.237. The van der Waals surface area contributed by atoms with Crippen molar-refractivity contribution in [2.75, 3.05) is 6.61 Å². The summed E-state index contributed by atoms with van der Waals surface area (Å²) in [6.45, 7) is 7.45. The van der Waals surface area contributed by atoms with Gasteiger partial charge in [-0.15, -0.1) is 0 Å². The van der Waals surface area contributed by atoms with Crippen LogP contribution in [0.2, 0.25) is 0 Å². The van der Waals surface area contributed by atoms with E-state index in [0.717, 1.165) is 18.8 Å². The monoisotopic (exact) mass is 176 g/mol. The van der Waals surface area contributed by atoms with Crippen LogP contribution in [0.1, 0.15) is 31.4 Å². The maximum Gasteiger partial charge on any atom is 0.126 e. The van der Waals surface area contributed by atoms with Gasteiger partial charge < -0.3 is 4.74 Å². The van der Waals surface area contributed by atoms with Gasteiger partial charge in [0.15, 0.2) is 0 Å². The molecule has 1 nitrogen and oxygen atoms in total. The van der Waals surface area contributed by atoms with Crippen LogP contribution in [-0.4, -0.2) is 6.61 Å². The van der Waals surface area contributed by atoms with Crippen molar-refractivity contribution in [2.24, 2.45) is 0 Å². The molecule has 1 aliphatic heterocycles. The number of fused-ring (bicyclic) bond motifs is 1. The molecule has 0 spiro atoms. The summed E-state index contributed by atoms with van der Waals surface area (Å²) in [7, 11) is 0. The summed E-state index contributed by atoms with van der Waals surface area (Å²) < 4.78 is 5.74. The Hall–Kier alpha value is -0.980. The molecule has 1 heterocycles. The maximum atomic E-state index is 5.74. The molecular weight excluding hydrogens is 160 g/mol. The Bertz CT molecular complexity index is 330. The minimum Gasteiger partial charge on any atom is -0.492 e. The van der Waals surface area contributed by atoms with Crippen molar-refractivity contribution in [3.63, 3.8) is 0 Å². The first-order chi connectivity index (χ1) is 6.17. The lowest BCUT2D eigenvalue weighted by atomic mass is 9.82. The lowest BCUT2D eigenvalue weighted by molar-refractivity contribution is 0.272. The first-order valence-electron chi connectivity index (χ1n) is 4.90. The van der Waals surface area contributed by atoms with E-state index in [2.05, 4.69) is 39.0 Å². The summed E-state index contributed by atoms with van der Waals surface area (Å²) in [6, 6.07) is 6.43.